The van der Waals surface area contributed by atoms with Gasteiger partial charge in [0.1, 0.15) is 6.29 Å². The molecule has 0 heterocycles. The highest BCUT2D eigenvalue weighted by molar-refractivity contribution is 5.92. The minimum absolute atomic E-state index is 0.708. The maximum absolute atomic E-state index is 9.40. The Bertz CT molecular complexity index is 446. The molecule has 0 amide bonds. The molecule has 0 aliphatic carbocycles. The molecule has 0 fully saturated rings. The highest BCUT2D eigenvalue weighted by atomic mass is 16.1. The standard InChI is InChI=1S/C10H9N.C4H8O/c11-10-7-3-5-8-4-1-2-6-9(8)10;1-2-3-4-5/h1-7H,11H2;4H,2-3H2,1H3. The van der Waals surface area contributed by atoms with Gasteiger partial charge in [0.2, 0.25) is 0 Å². The van der Waals surface area contributed by atoms with Crippen molar-refractivity contribution >= 4 is 22.7 Å². The van der Waals surface area contributed by atoms with Crippen LogP contribution in [0.3, 0.4) is 0 Å². The Kier molecular flexibility index (Phi) is 5.06. The van der Waals surface area contributed by atoms with Crippen LogP contribution < -0.4 is 5.73 Å². The summed E-state index contributed by atoms with van der Waals surface area (Å²) in [6.45, 7) is 1.98. The lowest BCUT2D eigenvalue weighted by Gasteiger charge is -1.98. The van der Waals surface area contributed by atoms with Crippen LogP contribution in [0.5, 0.6) is 0 Å². The first-order valence-corrected chi connectivity index (χ1v) is 5.46. The van der Waals surface area contributed by atoms with E-state index in [1.165, 1.54) is 5.39 Å². The Morgan fingerprint density at radius 3 is 2.38 bits per heavy atom. The molecule has 0 atom stereocenters. The second kappa shape index (κ2) is 6.62. The monoisotopic (exact) mass is 215 g/mol. The van der Waals surface area contributed by atoms with Gasteiger partial charge in [-0.05, 0) is 17.9 Å². The molecule has 0 aliphatic heterocycles. The molecule has 2 nitrogen and oxygen atoms in total. The predicted octanol–water partition coefficient (Wildman–Crippen LogP) is 3.41. The summed E-state index contributed by atoms with van der Waals surface area (Å²) in [5.74, 6) is 0. The van der Waals surface area contributed by atoms with Crippen LogP contribution in [0.25, 0.3) is 10.8 Å². The van der Waals surface area contributed by atoms with Gasteiger partial charge in [-0.1, -0.05) is 43.3 Å². The van der Waals surface area contributed by atoms with Gasteiger partial charge in [-0.2, -0.15) is 0 Å². The fraction of sp³-hybridized carbons (Fsp3) is 0.214. The topological polar surface area (TPSA) is 43.1 Å². The Morgan fingerprint density at radius 2 is 1.81 bits per heavy atom. The van der Waals surface area contributed by atoms with Gasteiger partial charge in [0.15, 0.2) is 0 Å². The van der Waals surface area contributed by atoms with Crippen molar-refractivity contribution in [2.75, 3.05) is 5.73 Å². The minimum atomic E-state index is 0.708. The number of rotatable bonds is 2. The SMILES string of the molecule is CCCC=O.Nc1cccc2ccccc12. The first-order valence-electron chi connectivity index (χ1n) is 5.46. The molecule has 0 unspecified atom stereocenters. The van der Waals surface area contributed by atoms with Crippen molar-refractivity contribution in [1.29, 1.82) is 0 Å². The molecule has 0 aliphatic rings. The zero-order valence-electron chi connectivity index (χ0n) is 9.52. The van der Waals surface area contributed by atoms with Crippen molar-refractivity contribution in [1.82, 2.24) is 0 Å². The largest absolute Gasteiger partial charge is 0.398 e. The van der Waals surface area contributed by atoms with Crippen LogP contribution in [0, 0.1) is 0 Å². The number of anilines is 1. The first-order chi connectivity index (χ1) is 7.79. The third-order valence-electron chi connectivity index (χ3n) is 2.23. The molecule has 0 bridgehead atoms. The van der Waals surface area contributed by atoms with E-state index in [0.717, 1.165) is 23.8 Å². The minimum Gasteiger partial charge on any atom is -0.398 e. The van der Waals surface area contributed by atoms with Crippen molar-refractivity contribution in [3.63, 3.8) is 0 Å². The molecular weight excluding hydrogens is 198 g/mol. The van der Waals surface area contributed by atoms with Crippen LogP contribution in [0.4, 0.5) is 5.69 Å². The summed E-state index contributed by atoms with van der Waals surface area (Å²) in [5, 5.41) is 2.34. The fourth-order valence-corrected chi connectivity index (χ4v) is 1.37. The number of hydrogen-bond donors (Lipinski definition) is 1. The van der Waals surface area contributed by atoms with Crippen molar-refractivity contribution < 1.29 is 4.79 Å². The molecule has 84 valence electrons. The van der Waals surface area contributed by atoms with Gasteiger partial charge in [-0.25, -0.2) is 0 Å². The molecule has 0 saturated carbocycles. The van der Waals surface area contributed by atoms with Crippen LogP contribution >= 0.6 is 0 Å². The van der Waals surface area contributed by atoms with E-state index >= 15 is 0 Å². The van der Waals surface area contributed by atoms with Gasteiger partial charge in [-0.15, -0.1) is 0 Å². The maximum atomic E-state index is 9.40. The van der Waals surface area contributed by atoms with Gasteiger partial charge < -0.3 is 10.5 Å². The molecule has 2 aromatic rings. The number of aldehydes is 1. The molecule has 0 spiro atoms. The highest BCUT2D eigenvalue weighted by Gasteiger charge is 1.92. The van der Waals surface area contributed by atoms with Gasteiger partial charge in [0, 0.05) is 17.5 Å². The summed E-state index contributed by atoms with van der Waals surface area (Å²) in [4.78, 5) is 9.40. The lowest BCUT2D eigenvalue weighted by atomic mass is 10.1. The van der Waals surface area contributed by atoms with Gasteiger partial charge in [0.25, 0.3) is 0 Å². The second-order valence-corrected chi connectivity index (χ2v) is 3.52. The number of carbonyl (C=O) groups is 1. The molecule has 0 saturated heterocycles. The second-order valence-electron chi connectivity index (χ2n) is 3.52. The van der Waals surface area contributed by atoms with E-state index in [1.54, 1.807) is 0 Å². The fourth-order valence-electron chi connectivity index (χ4n) is 1.37. The summed E-state index contributed by atoms with van der Waals surface area (Å²) in [7, 11) is 0. The summed E-state index contributed by atoms with van der Waals surface area (Å²) < 4.78 is 0. The van der Waals surface area contributed by atoms with Crippen molar-refractivity contribution in [2.24, 2.45) is 0 Å². The normalized spacial score (nSPS) is 9.31. The summed E-state index contributed by atoms with van der Waals surface area (Å²) in [6.07, 6.45) is 2.61. The maximum Gasteiger partial charge on any atom is 0.119 e. The van der Waals surface area contributed by atoms with Crippen LogP contribution in [-0.4, -0.2) is 6.29 Å². The number of benzene rings is 2. The number of unbranched alkanes of at least 4 members (excludes halogenated alkanes) is 1. The Labute approximate surface area is 96.1 Å². The quantitative estimate of drug-likeness (QED) is 0.616. The Balaban J connectivity index is 0.000000221. The molecule has 0 radical (unpaired) electrons. The molecular formula is C14H17NO. The number of nitrogens with two attached hydrogens (primary N) is 1. The molecule has 0 aromatic heterocycles. The van der Waals surface area contributed by atoms with Crippen LogP contribution in [0.2, 0.25) is 0 Å². The molecule has 2 N–H and O–H groups in total. The van der Waals surface area contributed by atoms with Crippen LogP contribution in [0.15, 0.2) is 42.5 Å². The number of nitrogen functional groups attached to an aromatic ring is 1. The summed E-state index contributed by atoms with van der Waals surface area (Å²) in [6, 6.07) is 14.1. The predicted molar refractivity (Wildman–Crippen MR) is 69.3 cm³/mol. The van der Waals surface area contributed by atoms with E-state index in [1.807, 2.05) is 37.3 Å². The number of carbonyl (C=O) groups excluding carboxylic acids is 1. The average Bonchev–Trinajstić information content (AvgIpc) is 2.32. The third kappa shape index (κ3) is 3.39. The lowest BCUT2D eigenvalue weighted by molar-refractivity contribution is -0.107. The lowest BCUT2D eigenvalue weighted by Crippen LogP contribution is -1.84. The van der Waals surface area contributed by atoms with E-state index in [4.69, 9.17) is 5.73 Å². The van der Waals surface area contributed by atoms with Crippen molar-refractivity contribution in [3.8, 4) is 0 Å². The Hall–Kier alpha value is -1.83. The highest BCUT2D eigenvalue weighted by Crippen LogP contribution is 2.19. The Morgan fingerprint density at radius 1 is 1.12 bits per heavy atom. The van der Waals surface area contributed by atoms with Crippen LogP contribution in [0.1, 0.15) is 19.8 Å². The van der Waals surface area contributed by atoms with E-state index in [2.05, 4.69) is 12.1 Å². The first kappa shape index (κ1) is 12.2. The van der Waals surface area contributed by atoms with Gasteiger partial charge in [-0.3, -0.25) is 0 Å². The smallest absolute Gasteiger partial charge is 0.119 e. The number of hydrogen-bond acceptors (Lipinski definition) is 2. The molecule has 16 heavy (non-hydrogen) atoms. The van der Waals surface area contributed by atoms with Gasteiger partial charge in [0.05, 0.1) is 0 Å². The van der Waals surface area contributed by atoms with E-state index < -0.39 is 0 Å². The van der Waals surface area contributed by atoms with E-state index in [9.17, 15) is 4.79 Å². The third-order valence-corrected chi connectivity index (χ3v) is 2.23. The zero-order chi connectivity index (χ0) is 11.8. The average molecular weight is 215 g/mol. The van der Waals surface area contributed by atoms with Crippen molar-refractivity contribution in [3.05, 3.63) is 42.5 Å². The van der Waals surface area contributed by atoms with Crippen molar-refractivity contribution in [2.45, 2.75) is 19.8 Å². The summed E-state index contributed by atoms with van der Waals surface area (Å²) >= 11 is 0. The molecule has 2 rings (SSSR count). The molecule has 2 aromatic carbocycles. The van der Waals surface area contributed by atoms with E-state index in [-0.39, 0.29) is 0 Å². The number of fused-ring (bicyclic) bond motifs is 1. The van der Waals surface area contributed by atoms with E-state index in [0.29, 0.717) is 6.42 Å². The summed E-state index contributed by atoms with van der Waals surface area (Å²) in [5.41, 5.74) is 6.61. The van der Waals surface area contributed by atoms with Gasteiger partial charge >= 0.3 is 0 Å². The molecule has 2 heteroatoms. The van der Waals surface area contributed by atoms with Crippen LogP contribution in [-0.2, 0) is 4.79 Å². The zero-order valence-corrected chi connectivity index (χ0v) is 9.52.